The first-order chi connectivity index (χ1) is 14.5. The normalized spacial score (nSPS) is 19.9. The van der Waals surface area contributed by atoms with E-state index in [4.69, 9.17) is 4.74 Å². The summed E-state index contributed by atoms with van der Waals surface area (Å²) in [6, 6.07) is 7.03. The Kier molecular flexibility index (Phi) is 5.91. The first-order valence-corrected chi connectivity index (χ1v) is 9.93. The predicted octanol–water partition coefficient (Wildman–Crippen LogP) is 2.46. The van der Waals surface area contributed by atoms with E-state index in [1.807, 2.05) is 4.90 Å². The zero-order chi connectivity index (χ0) is 21.1. The molecule has 2 aliphatic rings. The molecule has 0 radical (unpaired) electrons. The fraction of sp³-hybridized carbons (Fsp3) is 0.381. The van der Waals surface area contributed by atoms with E-state index >= 15 is 0 Å². The van der Waals surface area contributed by atoms with Crippen molar-refractivity contribution in [3.8, 4) is 5.88 Å². The molecule has 9 heteroatoms. The zero-order valence-corrected chi connectivity index (χ0v) is 16.4. The molecular formula is C21H24FN5O3. The molecule has 3 N–H and O–H groups in total. The van der Waals surface area contributed by atoms with Crippen LogP contribution >= 0.6 is 0 Å². The maximum Gasteiger partial charge on any atom is 0.255 e. The summed E-state index contributed by atoms with van der Waals surface area (Å²) in [7, 11) is 0. The number of carbonyl (C=O) groups is 1. The van der Waals surface area contributed by atoms with Crippen LogP contribution in [0.5, 0.6) is 5.88 Å². The van der Waals surface area contributed by atoms with E-state index in [-0.39, 0.29) is 23.9 Å². The van der Waals surface area contributed by atoms with Crippen LogP contribution in [0.4, 0.5) is 16.0 Å². The fourth-order valence-corrected chi connectivity index (χ4v) is 3.30. The van der Waals surface area contributed by atoms with Crippen molar-refractivity contribution in [3.05, 3.63) is 54.5 Å². The Bertz CT molecular complexity index is 919. The third kappa shape index (κ3) is 4.92. The molecule has 1 aromatic heterocycles. The lowest BCUT2D eigenvalue weighted by Gasteiger charge is -2.23. The molecule has 1 saturated heterocycles. The monoisotopic (exact) mass is 413 g/mol. The summed E-state index contributed by atoms with van der Waals surface area (Å²) in [5, 5.41) is 16.6. The van der Waals surface area contributed by atoms with Gasteiger partial charge in [-0.05, 0) is 43.0 Å². The SMILES string of the molecule is C=CC(=O)Nc1ccc(C(O)N2CC[C@@H](Nc3ncc(F)c(OC4CC4)n3)C2)cc1. The number of rotatable bonds is 8. The van der Waals surface area contributed by atoms with Crippen LogP contribution < -0.4 is 15.4 Å². The quantitative estimate of drug-likeness (QED) is 0.572. The highest BCUT2D eigenvalue weighted by Crippen LogP contribution is 2.28. The summed E-state index contributed by atoms with van der Waals surface area (Å²) in [4.78, 5) is 21.4. The van der Waals surface area contributed by atoms with Gasteiger partial charge < -0.3 is 20.5 Å². The van der Waals surface area contributed by atoms with E-state index in [2.05, 4.69) is 27.2 Å². The summed E-state index contributed by atoms with van der Waals surface area (Å²) in [6.07, 6.45) is 4.21. The number of amides is 1. The highest BCUT2D eigenvalue weighted by atomic mass is 19.1. The van der Waals surface area contributed by atoms with Crippen molar-refractivity contribution in [2.24, 2.45) is 0 Å². The highest BCUT2D eigenvalue weighted by molar-refractivity contribution is 5.98. The molecular weight excluding hydrogens is 389 g/mol. The van der Waals surface area contributed by atoms with Crippen LogP contribution in [0.25, 0.3) is 0 Å². The van der Waals surface area contributed by atoms with Crippen molar-refractivity contribution < 1.29 is 19.0 Å². The van der Waals surface area contributed by atoms with Gasteiger partial charge >= 0.3 is 0 Å². The van der Waals surface area contributed by atoms with Crippen molar-refractivity contribution in [2.45, 2.75) is 37.6 Å². The van der Waals surface area contributed by atoms with Crippen molar-refractivity contribution in [1.29, 1.82) is 0 Å². The summed E-state index contributed by atoms with van der Waals surface area (Å²) in [5.74, 6) is -0.557. The third-order valence-electron chi connectivity index (χ3n) is 5.08. The minimum atomic E-state index is -0.774. The van der Waals surface area contributed by atoms with Crippen LogP contribution in [0, 0.1) is 5.82 Å². The number of aliphatic hydroxyl groups excluding tert-OH is 1. The van der Waals surface area contributed by atoms with Crippen molar-refractivity contribution >= 4 is 17.5 Å². The molecule has 158 valence electrons. The maximum atomic E-state index is 13.8. The number of carbonyl (C=O) groups excluding carboxylic acids is 1. The second-order valence-corrected chi connectivity index (χ2v) is 7.48. The standard InChI is InChI=1S/C21H24FN5O3/c1-2-18(28)24-14-5-3-13(4-6-14)20(29)27-10-9-15(12-27)25-21-23-11-17(22)19(26-21)30-16-7-8-16/h2-6,11,15-16,20,29H,1,7-10,12H2,(H,24,28)(H,23,25,26)/t15-,20?/m1/s1. The van der Waals surface area contributed by atoms with Crippen molar-refractivity contribution in [2.75, 3.05) is 23.7 Å². The van der Waals surface area contributed by atoms with Gasteiger partial charge in [0.15, 0.2) is 0 Å². The van der Waals surface area contributed by atoms with Crippen LogP contribution in [0.2, 0.25) is 0 Å². The number of aromatic nitrogens is 2. The molecule has 1 aromatic carbocycles. The summed E-state index contributed by atoms with van der Waals surface area (Å²) < 4.78 is 19.3. The van der Waals surface area contributed by atoms with Gasteiger partial charge in [0.25, 0.3) is 5.88 Å². The lowest BCUT2D eigenvalue weighted by Crippen LogP contribution is -2.30. The number of nitrogens with one attached hydrogen (secondary N) is 2. The average Bonchev–Trinajstić information content (AvgIpc) is 3.45. The minimum absolute atomic E-state index is 0.0186. The Morgan fingerprint density at radius 3 is 2.80 bits per heavy atom. The Balaban J connectivity index is 1.33. The van der Waals surface area contributed by atoms with Crippen LogP contribution in [0.15, 0.2) is 43.1 Å². The molecule has 0 spiro atoms. The van der Waals surface area contributed by atoms with Gasteiger partial charge in [0.2, 0.25) is 17.7 Å². The van der Waals surface area contributed by atoms with Crippen LogP contribution in [-0.4, -0.2) is 51.1 Å². The summed E-state index contributed by atoms with van der Waals surface area (Å²) >= 11 is 0. The maximum absolute atomic E-state index is 13.8. The molecule has 2 heterocycles. The van der Waals surface area contributed by atoms with Gasteiger partial charge in [-0.15, -0.1) is 0 Å². The fourth-order valence-electron chi connectivity index (χ4n) is 3.30. The number of hydrogen-bond donors (Lipinski definition) is 3. The van der Waals surface area contributed by atoms with Gasteiger partial charge in [-0.3, -0.25) is 9.69 Å². The van der Waals surface area contributed by atoms with Crippen LogP contribution in [-0.2, 0) is 4.79 Å². The number of anilines is 2. The topological polar surface area (TPSA) is 99.6 Å². The summed E-state index contributed by atoms with van der Waals surface area (Å²) in [6.45, 7) is 4.68. The largest absolute Gasteiger partial charge is 0.472 e. The summed E-state index contributed by atoms with van der Waals surface area (Å²) in [5.41, 5.74) is 1.36. The molecule has 1 aliphatic heterocycles. The Labute approximate surface area is 173 Å². The first kappa shape index (κ1) is 20.2. The number of ether oxygens (including phenoxy) is 1. The number of hydrogen-bond acceptors (Lipinski definition) is 7. The second-order valence-electron chi connectivity index (χ2n) is 7.48. The predicted molar refractivity (Wildman–Crippen MR) is 109 cm³/mol. The average molecular weight is 413 g/mol. The number of benzene rings is 1. The van der Waals surface area contributed by atoms with Gasteiger partial charge in [0.1, 0.15) is 12.3 Å². The zero-order valence-electron chi connectivity index (χ0n) is 16.4. The lowest BCUT2D eigenvalue weighted by molar-refractivity contribution is -0.111. The van der Waals surface area contributed by atoms with Gasteiger partial charge in [-0.1, -0.05) is 18.7 Å². The van der Waals surface area contributed by atoms with Crippen molar-refractivity contribution in [1.82, 2.24) is 14.9 Å². The highest BCUT2D eigenvalue weighted by Gasteiger charge is 2.29. The molecule has 4 rings (SSSR count). The first-order valence-electron chi connectivity index (χ1n) is 9.93. The molecule has 2 fully saturated rings. The molecule has 1 amide bonds. The molecule has 1 aliphatic carbocycles. The van der Waals surface area contributed by atoms with Gasteiger partial charge in [-0.2, -0.15) is 9.37 Å². The number of aliphatic hydroxyl groups is 1. The number of halogens is 1. The van der Waals surface area contributed by atoms with Crippen molar-refractivity contribution in [3.63, 3.8) is 0 Å². The molecule has 2 aromatic rings. The Hall–Kier alpha value is -3.04. The smallest absolute Gasteiger partial charge is 0.255 e. The minimum Gasteiger partial charge on any atom is -0.472 e. The van der Waals surface area contributed by atoms with Gasteiger partial charge in [0, 0.05) is 24.8 Å². The van der Waals surface area contributed by atoms with E-state index in [9.17, 15) is 14.3 Å². The van der Waals surface area contributed by atoms with E-state index < -0.39 is 12.0 Å². The molecule has 1 unspecified atom stereocenters. The third-order valence-corrected chi connectivity index (χ3v) is 5.08. The van der Waals surface area contributed by atoms with Gasteiger partial charge in [0.05, 0.1) is 6.20 Å². The lowest BCUT2D eigenvalue weighted by atomic mass is 10.1. The second kappa shape index (κ2) is 8.76. The molecule has 0 bridgehead atoms. The van der Waals surface area contributed by atoms with E-state index in [1.54, 1.807) is 24.3 Å². The molecule has 1 saturated carbocycles. The van der Waals surface area contributed by atoms with E-state index in [0.29, 0.717) is 24.7 Å². The molecule has 8 nitrogen and oxygen atoms in total. The molecule has 30 heavy (non-hydrogen) atoms. The van der Waals surface area contributed by atoms with Gasteiger partial charge in [-0.25, -0.2) is 4.98 Å². The van der Waals surface area contributed by atoms with Crippen LogP contribution in [0.1, 0.15) is 31.1 Å². The number of nitrogens with zero attached hydrogens (tertiary/aromatic N) is 3. The molecule has 2 atom stereocenters. The van der Waals surface area contributed by atoms with E-state index in [0.717, 1.165) is 31.0 Å². The Morgan fingerprint density at radius 2 is 2.10 bits per heavy atom. The Morgan fingerprint density at radius 1 is 1.33 bits per heavy atom. The van der Waals surface area contributed by atoms with E-state index in [1.165, 1.54) is 6.08 Å². The van der Waals surface area contributed by atoms with Crippen LogP contribution in [0.3, 0.4) is 0 Å². The number of likely N-dealkylation sites (tertiary alicyclic amines) is 1.